The fourth-order valence-corrected chi connectivity index (χ4v) is 3.11. The Hall–Kier alpha value is -2.85. The molecule has 3 aromatic carbocycles. The smallest absolute Gasteiger partial charge is 0.251 e. The molecule has 3 aromatic rings. The maximum atomic E-state index is 12.3. The van der Waals surface area contributed by atoms with E-state index in [1.165, 1.54) is 0 Å². The van der Waals surface area contributed by atoms with Gasteiger partial charge in [0.15, 0.2) is 5.78 Å². The highest BCUT2D eigenvalue weighted by atomic mass is 35.5. The number of Topliss-reactive ketones (excluding diaryl/α,β-unsaturated/α-hetero) is 1. The summed E-state index contributed by atoms with van der Waals surface area (Å²) in [6.45, 7) is 0.167. The van der Waals surface area contributed by atoms with Crippen LogP contribution in [0.4, 0.5) is 5.69 Å². The number of hydrogen-bond acceptors (Lipinski definition) is 3. The number of rotatable bonds is 6. The molecule has 0 fully saturated rings. The molecule has 5 heteroatoms. The molecule has 0 saturated heterocycles. The van der Waals surface area contributed by atoms with Crippen molar-refractivity contribution in [2.45, 2.75) is 6.42 Å². The number of carbonyl (C=O) groups excluding carboxylic acids is 2. The van der Waals surface area contributed by atoms with E-state index >= 15 is 0 Å². The minimum absolute atomic E-state index is 0.0209. The first-order valence-corrected chi connectivity index (χ1v) is 8.70. The van der Waals surface area contributed by atoms with Crippen molar-refractivity contribution in [3.63, 3.8) is 0 Å². The van der Waals surface area contributed by atoms with Gasteiger partial charge < -0.3 is 10.6 Å². The number of ketones is 1. The Bertz CT molecular complexity index is 969. The summed E-state index contributed by atoms with van der Waals surface area (Å²) in [4.78, 5) is 24.0. The van der Waals surface area contributed by atoms with E-state index in [0.717, 1.165) is 22.0 Å². The first-order valence-electron chi connectivity index (χ1n) is 8.32. The molecular formula is C21H19ClN2O2. The van der Waals surface area contributed by atoms with E-state index in [4.69, 9.17) is 11.6 Å². The Balaban J connectivity index is 1.66. The van der Waals surface area contributed by atoms with E-state index < -0.39 is 0 Å². The first kappa shape index (κ1) is 18.0. The lowest BCUT2D eigenvalue weighted by Crippen LogP contribution is -2.19. The predicted octanol–water partition coefficient (Wildman–Crippen LogP) is 4.08. The summed E-state index contributed by atoms with van der Waals surface area (Å²) < 4.78 is 0. The van der Waals surface area contributed by atoms with Gasteiger partial charge in [0.05, 0.1) is 11.6 Å². The third-order valence-electron chi connectivity index (χ3n) is 4.17. The molecule has 132 valence electrons. The number of fused-ring (bicyclic) bond motifs is 1. The third-order valence-corrected chi connectivity index (χ3v) is 4.62. The minimum atomic E-state index is -0.164. The summed E-state index contributed by atoms with van der Waals surface area (Å²) in [5.41, 5.74) is 2.09. The van der Waals surface area contributed by atoms with E-state index in [2.05, 4.69) is 10.6 Å². The molecule has 0 saturated carbocycles. The van der Waals surface area contributed by atoms with Crippen LogP contribution < -0.4 is 10.6 Å². The molecule has 0 bridgehead atoms. The Kier molecular flexibility index (Phi) is 5.54. The largest absolute Gasteiger partial charge is 0.378 e. The van der Waals surface area contributed by atoms with Crippen LogP contribution in [-0.2, 0) is 11.2 Å². The molecule has 1 amide bonds. The number of amides is 1. The zero-order valence-corrected chi connectivity index (χ0v) is 15.1. The Morgan fingerprint density at radius 1 is 1.00 bits per heavy atom. The maximum absolute atomic E-state index is 12.3. The third kappa shape index (κ3) is 4.03. The van der Waals surface area contributed by atoms with Crippen LogP contribution in [0.1, 0.15) is 15.9 Å². The van der Waals surface area contributed by atoms with Gasteiger partial charge in [0.1, 0.15) is 0 Å². The Morgan fingerprint density at radius 3 is 2.62 bits per heavy atom. The number of halogens is 1. The summed E-state index contributed by atoms with van der Waals surface area (Å²) in [6, 6.07) is 18.7. The SMILES string of the molecule is CNC(=O)c1cccc(NCC(=O)Cc2ccc3ccccc3c2Cl)c1. The van der Waals surface area contributed by atoms with Crippen LogP contribution in [0.3, 0.4) is 0 Å². The standard InChI is InChI=1S/C21H19ClN2O2/c1-23-21(26)16-6-4-7-17(11-16)24-13-18(25)12-15-10-9-14-5-2-3-8-19(14)20(15)22/h2-11,24H,12-13H2,1H3,(H,23,26). The van der Waals surface area contributed by atoms with Crippen molar-refractivity contribution in [3.8, 4) is 0 Å². The van der Waals surface area contributed by atoms with Gasteiger partial charge >= 0.3 is 0 Å². The second-order valence-electron chi connectivity index (χ2n) is 5.99. The summed E-state index contributed by atoms with van der Waals surface area (Å²) in [7, 11) is 1.58. The lowest BCUT2D eigenvalue weighted by Gasteiger charge is -2.09. The van der Waals surface area contributed by atoms with Crippen molar-refractivity contribution in [1.82, 2.24) is 5.32 Å². The van der Waals surface area contributed by atoms with E-state index in [-0.39, 0.29) is 24.7 Å². The monoisotopic (exact) mass is 366 g/mol. The van der Waals surface area contributed by atoms with Gasteiger partial charge in [0.2, 0.25) is 0 Å². The van der Waals surface area contributed by atoms with Crippen molar-refractivity contribution in [2.24, 2.45) is 0 Å². The first-order chi connectivity index (χ1) is 12.6. The molecule has 0 heterocycles. The van der Waals surface area contributed by atoms with Crippen LogP contribution in [0.25, 0.3) is 10.8 Å². The normalized spacial score (nSPS) is 10.5. The molecule has 0 aliphatic rings. The van der Waals surface area contributed by atoms with Crippen LogP contribution >= 0.6 is 11.6 Å². The fourth-order valence-electron chi connectivity index (χ4n) is 2.81. The van der Waals surface area contributed by atoms with Gasteiger partial charge in [0, 0.05) is 30.1 Å². The predicted molar refractivity (Wildman–Crippen MR) is 106 cm³/mol. The maximum Gasteiger partial charge on any atom is 0.251 e. The number of benzene rings is 3. The zero-order chi connectivity index (χ0) is 18.5. The molecule has 0 aliphatic heterocycles. The molecule has 0 radical (unpaired) electrons. The van der Waals surface area contributed by atoms with Gasteiger partial charge in [-0.05, 0) is 29.1 Å². The molecule has 0 spiro atoms. The van der Waals surface area contributed by atoms with Gasteiger partial charge in [-0.2, -0.15) is 0 Å². The average Bonchev–Trinajstić information content (AvgIpc) is 2.68. The van der Waals surface area contributed by atoms with E-state index in [9.17, 15) is 9.59 Å². The highest BCUT2D eigenvalue weighted by molar-refractivity contribution is 6.36. The summed E-state index contributed by atoms with van der Waals surface area (Å²) in [5, 5.41) is 8.27. The average molecular weight is 367 g/mol. The molecule has 0 aromatic heterocycles. The number of hydrogen-bond donors (Lipinski definition) is 2. The van der Waals surface area contributed by atoms with Crippen LogP contribution in [0.5, 0.6) is 0 Å². The molecular weight excluding hydrogens is 348 g/mol. The van der Waals surface area contributed by atoms with Crippen LogP contribution in [0, 0.1) is 0 Å². The lowest BCUT2D eigenvalue weighted by molar-refractivity contribution is -0.116. The summed E-state index contributed by atoms with van der Waals surface area (Å²) in [5.74, 6) is -0.143. The van der Waals surface area contributed by atoms with E-state index in [0.29, 0.717) is 10.6 Å². The highest BCUT2D eigenvalue weighted by Gasteiger charge is 2.10. The van der Waals surface area contributed by atoms with E-state index in [1.54, 1.807) is 25.2 Å². The van der Waals surface area contributed by atoms with Crippen LogP contribution in [0.2, 0.25) is 5.02 Å². The molecule has 0 unspecified atom stereocenters. The second kappa shape index (κ2) is 8.02. The van der Waals surface area contributed by atoms with Crippen molar-refractivity contribution < 1.29 is 9.59 Å². The van der Waals surface area contributed by atoms with Gasteiger partial charge in [-0.15, -0.1) is 0 Å². The van der Waals surface area contributed by atoms with Crippen LogP contribution in [-0.4, -0.2) is 25.3 Å². The van der Waals surface area contributed by atoms with Crippen molar-refractivity contribution >= 4 is 39.8 Å². The Morgan fingerprint density at radius 2 is 1.81 bits per heavy atom. The zero-order valence-electron chi connectivity index (χ0n) is 14.4. The second-order valence-corrected chi connectivity index (χ2v) is 6.37. The van der Waals surface area contributed by atoms with Gasteiger partial charge in [0.25, 0.3) is 5.91 Å². The van der Waals surface area contributed by atoms with E-state index in [1.807, 2.05) is 42.5 Å². The molecule has 4 nitrogen and oxygen atoms in total. The van der Waals surface area contributed by atoms with Gasteiger partial charge in [-0.1, -0.05) is 54.1 Å². The molecule has 2 N–H and O–H groups in total. The molecule has 0 atom stereocenters. The van der Waals surface area contributed by atoms with Crippen LogP contribution in [0.15, 0.2) is 60.7 Å². The van der Waals surface area contributed by atoms with Gasteiger partial charge in [-0.25, -0.2) is 0 Å². The molecule has 26 heavy (non-hydrogen) atoms. The minimum Gasteiger partial charge on any atom is -0.378 e. The van der Waals surface area contributed by atoms with Gasteiger partial charge in [-0.3, -0.25) is 9.59 Å². The van der Waals surface area contributed by atoms with Crippen molar-refractivity contribution in [1.29, 1.82) is 0 Å². The number of anilines is 1. The summed E-state index contributed by atoms with van der Waals surface area (Å²) >= 11 is 6.46. The number of carbonyl (C=O) groups is 2. The fraction of sp³-hybridized carbons (Fsp3) is 0.143. The number of nitrogens with one attached hydrogen (secondary N) is 2. The molecule has 3 rings (SSSR count). The quantitative estimate of drug-likeness (QED) is 0.691. The van der Waals surface area contributed by atoms with Crippen molar-refractivity contribution in [3.05, 3.63) is 76.8 Å². The van der Waals surface area contributed by atoms with Crippen molar-refractivity contribution in [2.75, 3.05) is 18.9 Å². The molecule has 0 aliphatic carbocycles. The lowest BCUT2D eigenvalue weighted by atomic mass is 10.0. The Labute approximate surface area is 157 Å². The summed E-state index contributed by atoms with van der Waals surface area (Å²) in [6.07, 6.45) is 0.256. The topological polar surface area (TPSA) is 58.2 Å². The highest BCUT2D eigenvalue weighted by Crippen LogP contribution is 2.27.